The summed E-state index contributed by atoms with van der Waals surface area (Å²) in [6.45, 7) is 0.670. The van der Waals surface area contributed by atoms with Crippen molar-refractivity contribution in [3.8, 4) is 0 Å². The van der Waals surface area contributed by atoms with Crippen molar-refractivity contribution in [2.75, 3.05) is 25.9 Å². The number of carbonyl (C=O) groups is 1. The van der Waals surface area contributed by atoms with E-state index in [4.69, 9.17) is 5.73 Å². The molecule has 3 N–H and O–H groups in total. The molecular weight excluding hydrogens is 358 g/mol. The molecule has 1 aliphatic heterocycles. The number of carbonyl (C=O) groups excluding carboxylic acids is 1. The topological polar surface area (TPSA) is 92.5 Å². The molecule has 1 aliphatic rings. The summed E-state index contributed by atoms with van der Waals surface area (Å²) in [6.07, 6.45) is 1.05. The lowest BCUT2D eigenvalue weighted by atomic mass is 9.97. The van der Waals surface area contributed by atoms with E-state index in [-0.39, 0.29) is 16.7 Å². The van der Waals surface area contributed by atoms with Crippen LogP contribution < -0.4 is 11.1 Å². The number of halogens is 1. The van der Waals surface area contributed by atoms with Crippen molar-refractivity contribution < 1.29 is 13.2 Å². The molecule has 0 saturated carbocycles. The third-order valence-corrected chi connectivity index (χ3v) is 6.54. The number of sulfonamides is 1. The predicted octanol–water partition coefficient (Wildman–Crippen LogP) is 1.18. The van der Waals surface area contributed by atoms with Gasteiger partial charge in [-0.05, 0) is 47.0 Å². The lowest BCUT2D eigenvalue weighted by molar-refractivity contribution is -0.125. The Hall–Kier alpha value is -1.12. The fourth-order valence-corrected chi connectivity index (χ4v) is 4.85. The quantitative estimate of drug-likeness (QED) is 0.775. The first kappa shape index (κ1) is 16.3. The number of nitrogens with two attached hydrogens (primary N) is 1. The van der Waals surface area contributed by atoms with Gasteiger partial charge >= 0.3 is 0 Å². The molecule has 8 heteroatoms. The van der Waals surface area contributed by atoms with Crippen LogP contribution in [0.1, 0.15) is 12.8 Å². The van der Waals surface area contributed by atoms with Crippen LogP contribution in [0.15, 0.2) is 27.6 Å². The van der Waals surface area contributed by atoms with E-state index in [1.54, 1.807) is 19.2 Å². The maximum Gasteiger partial charge on any atom is 0.244 e. The van der Waals surface area contributed by atoms with Crippen molar-refractivity contribution in [3.63, 3.8) is 0 Å². The van der Waals surface area contributed by atoms with E-state index < -0.39 is 10.0 Å². The number of hydrogen-bond donors (Lipinski definition) is 2. The van der Waals surface area contributed by atoms with E-state index in [1.807, 2.05) is 0 Å². The molecule has 2 rings (SSSR count). The summed E-state index contributed by atoms with van der Waals surface area (Å²) in [5, 5.41) is 2.61. The molecule has 6 nitrogen and oxygen atoms in total. The summed E-state index contributed by atoms with van der Waals surface area (Å²) >= 11 is 3.25. The Bertz CT molecular complexity index is 640. The number of piperidine rings is 1. The second-order valence-electron chi connectivity index (χ2n) is 4.98. The van der Waals surface area contributed by atoms with Crippen LogP contribution in [0.2, 0.25) is 0 Å². The SMILES string of the molecule is CNC(=O)C1CCN(S(=O)(=O)c2cc(N)ccc2Br)CC1. The highest BCUT2D eigenvalue weighted by Crippen LogP contribution is 2.29. The third kappa shape index (κ3) is 3.38. The van der Waals surface area contributed by atoms with Crippen molar-refractivity contribution in [2.45, 2.75) is 17.7 Å². The van der Waals surface area contributed by atoms with E-state index in [1.165, 1.54) is 10.4 Å². The van der Waals surface area contributed by atoms with Crippen molar-refractivity contribution in [1.82, 2.24) is 9.62 Å². The van der Waals surface area contributed by atoms with Crippen LogP contribution >= 0.6 is 15.9 Å². The number of nitrogens with zero attached hydrogens (tertiary/aromatic N) is 1. The standard InChI is InChI=1S/C13H18BrN3O3S/c1-16-13(18)9-4-6-17(7-5-9)21(19,20)12-8-10(15)2-3-11(12)14/h2-3,8-9H,4-7,15H2,1H3,(H,16,18). The van der Waals surface area contributed by atoms with Gasteiger partial charge in [0.15, 0.2) is 0 Å². The first-order chi connectivity index (χ1) is 9.86. The van der Waals surface area contributed by atoms with Gasteiger partial charge in [-0.25, -0.2) is 8.42 Å². The highest BCUT2D eigenvalue weighted by atomic mass is 79.9. The van der Waals surface area contributed by atoms with Crippen LogP contribution in [-0.2, 0) is 14.8 Å². The van der Waals surface area contributed by atoms with Gasteiger partial charge in [0.05, 0.1) is 4.90 Å². The van der Waals surface area contributed by atoms with Gasteiger partial charge in [0, 0.05) is 36.2 Å². The molecule has 116 valence electrons. The van der Waals surface area contributed by atoms with Crippen LogP contribution in [0.4, 0.5) is 5.69 Å². The number of hydrogen-bond acceptors (Lipinski definition) is 4. The van der Waals surface area contributed by atoms with Crippen LogP contribution in [0, 0.1) is 5.92 Å². The van der Waals surface area contributed by atoms with Gasteiger partial charge in [-0.2, -0.15) is 4.31 Å². The minimum absolute atomic E-state index is 0.0304. The maximum atomic E-state index is 12.6. The number of benzene rings is 1. The summed E-state index contributed by atoms with van der Waals surface area (Å²) in [5.41, 5.74) is 6.08. The molecular formula is C13H18BrN3O3S. The fourth-order valence-electron chi connectivity index (χ4n) is 2.42. The number of anilines is 1. The van der Waals surface area contributed by atoms with Crippen LogP contribution in [0.3, 0.4) is 0 Å². The Morgan fingerprint density at radius 3 is 2.57 bits per heavy atom. The van der Waals surface area contributed by atoms with Gasteiger partial charge in [0.2, 0.25) is 15.9 Å². The minimum atomic E-state index is -3.60. The molecule has 21 heavy (non-hydrogen) atoms. The van der Waals surface area contributed by atoms with Crippen LogP contribution in [-0.4, -0.2) is 38.8 Å². The lowest BCUT2D eigenvalue weighted by Gasteiger charge is -2.30. The molecule has 0 spiro atoms. The summed E-state index contributed by atoms with van der Waals surface area (Å²) in [7, 11) is -2.00. The number of amides is 1. The number of nitrogens with one attached hydrogen (secondary N) is 1. The van der Waals surface area contributed by atoms with Gasteiger partial charge in [0.25, 0.3) is 0 Å². The molecule has 1 aromatic rings. The monoisotopic (exact) mass is 375 g/mol. The molecule has 0 aromatic heterocycles. The average Bonchev–Trinajstić information content (AvgIpc) is 2.49. The smallest absolute Gasteiger partial charge is 0.244 e. The van der Waals surface area contributed by atoms with E-state index >= 15 is 0 Å². The van der Waals surface area contributed by atoms with Crippen molar-refractivity contribution in [3.05, 3.63) is 22.7 Å². The van der Waals surface area contributed by atoms with E-state index in [2.05, 4.69) is 21.2 Å². The van der Waals surface area contributed by atoms with Crippen molar-refractivity contribution >= 4 is 37.5 Å². The number of rotatable bonds is 3. The third-order valence-electron chi connectivity index (χ3n) is 3.64. The minimum Gasteiger partial charge on any atom is -0.399 e. The molecule has 1 aromatic carbocycles. The Kier molecular flexibility index (Phi) is 4.90. The van der Waals surface area contributed by atoms with Crippen molar-refractivity contribution in [1.29, 1.82) is 0 Å². The molecule has 1 fully saturated rings. The Morgan fingerprint density at radius 1 is 1.38 bits per heavy atom. The number of nitrogen functional groups attached to an aromatic ring is 1. The Morgan fingerprint density at radius 2 is 2.00 bits per heavy atom. The Labute approximate surface area is 132 Å². The second kappa shape index (κ2) is 6.33. The molecule has 0 aliphatic carbocycles. The molecule has 1 heterocycles. The summed E-state index contributed by atoms with van der Waals surface area (Å²) in [6, 6.07) is 4.71. The van der Waals surface area contributed by atoms with Crippen molar-refractivity contribution in [2.24, 2.45) is 5.92 Å². The van der Waals surface area contributed by atoms with E-state index in [0.717, 1.165) is 0 Å². The van der Waals surface area contributed by atoms with E-state index in [0.29, 0.717) is 36.1 Å². The predicted molar refractivity (Wildman–Crippen MR) is 84.1 cm³/mol. The largest absolute Gasteiger partial charge is 0.399 e. The maximum absolute atomic E-state index is 12.6. The molecule has 0 atom stereocenters. The van der Waals surface area contributed by atoms with Crippen LogP contribution in [0.25, 0.3) is 0 Å². The van der Waals surface area contributed by atoms with Gasteiger partial charge in [-0.3, -0.25) is 4.79 Å². The second-order valence-corrected chi connectivity index (χ2v) is 7.74. The van der Waals surface area contributed by atoms with Gasteiger partial charge in [0.1, 0.15) is 0 Å². The van der Waals surface area contributed by atoms with Gasteiger partial charge in [-0.15, -0.1) is 0 Å². The Balaban J connectivity index is 2.19. The first-order valence-electron chi connectivity index (χ1n) is 6.63. The normalized spacial score (nSPS) is 17.6. The highest BCUT2D eigenvalue weighted by Gasteiger charge is 2.32. The van der Waals surface area contributed by atoms with E-state index in [9.17, 15) is 13.2 Å². The highest BCUT2D eigenvalue weighted by molar-refractivity contribution is 9.10. The first-order valence-corrected chi connectivity index (χ1v) is 8.86. The zero-order chi connectivity index (χ0) is 15.6. The molecule has 0 radical (unpaired) electrons. The summed E-state index contributed by atoms with van der Waals surface area (Å²) < 4.78 is 27.2. The zero-order valence-corrected chi connectivity index (χ0v) is 14.1. The van der Waals surface area contributed by atoms with Gasteiger partial charge in [-0.1, -0.05) is 0 Å². The summed E-state index contributed by atoms with van der Waals surface area (Å²) in [4.78, 5) is 11.8. The lowest BCUT2D eigenvalue weighted by Crippen LogP contribution is -2.42. The molecule has 0 unspecified atom stereocenters. The average molecular weight is 376 g/mol. The van der Waals surface area contributed by atoms with Gasteiger partial charge < -0.3 is 11.1 Å². The molecule has 1 saturated heterocycles. The molecule has 0 bridgehead atoms. The fraction of sp³-hybridized carbons (Fsp3) is 0.462. The van der Waals surface area contributed by atoms with Crippen LogP contribution in [0.5, 0.6) is 0 Å². The zero-order valence-electron chi connectivity index (χ0n) is 11.7. The molecule has 1 amide bonds. The summed E-state index contributed by atoms with van der Waals surface area (Å²) in [5.74, 6) is -0.150.